The molecule has 5 N–H and O–H groups in total. The van der Waals surface area contributed by atoms with Gasteiger partial charge in [-0.05, 0) is 146 Å². The Kier molecular flexibility index (Phi) is 40.1. The van der Waals surface area contributed by atoms with E-state index in [1.54, 1.807) is 67.0 Å². The molecular weight excluding hydrogens is 1460 g/mol. The predicted octanol–water partition coefficient (Wildman–Crippen LogP) is 8.22. The molecule has 4 amide bonds. The number of hydrogen-bond donors (Lipinski definition) is 5. The molecule has 614 valence electrons. The van der Waals surface area contributed by atoms with Crippen LogP contribution in [-0.4, -0.2) is 211 Å². The van der Waals surface area contributed by atoms with Crippen molar-refractivity contribution in [2.75, 3.05) is 97.3 Å². The van der Waals surface area contributed by atoms with Crippen LogP contribution in [0.4, 0.5) is 21.2 Å². The number of carboxylic acids is 1. The lowest BCUT2D eigenvalue weighted by molar-refractivity contribution is -0.148. The zero-order valence-electron chi connectivity index (χ0n) is 68.8. The lowest BCUT2D eigenvalue weighted by atomic mass is 10.0. The van der Waals surface area contributed by atoms with Crippen molar-refractivity contribution >= 4 is 85.6 Å². The third-order valence-electron chi connectivity index (χ3n) is 15.6. The normalized spacial score (nSPS) is 11.7. The number of ether oxygens (including phenoxy) is 7. The average molecular weight is 1570 g/mol. The number of fused-ring (bicyclic) bond motifs is 2. The summed E-state index contributed by atoms with van der Waals surface area (Å²) in [5.41, 5.74) is 3.04. The zero-order chi connectivity index (χ0) is 85.0. The number of carbonyl (C=O) groups is 6. The van der Waals surface area contributed by atoms with E-state index in [2.05, 4.69) is 71.3 Å². The average Bonchev–Trinajstić information content (AvgIpc) is 1.66. The third-order valence-corrected chi connectivity index (χ3v) is 15.6. The van der Waals surface area contributed by atoms with Gasteiger partial charge in [0.15, 0.2) is 28.1 Å². The van der Waals surface area contributed by atoms with E-state index in [1.807, 2.05) is 146 Å². The second-order valence-corrected chi connectivity index (χ2v) is 29.9. The van der Waals surface area contributed by atoms with Crippen LogP contribution >= 0.6 is 0 Å². The Morgan fingerprint density at radius 2 is 0.991 bits per heavy atom. The van der Waals surface area contributed by atoms with Gasteiger partial charge in [-0.3, -0.25) is 53.5 Å². The number of nitrogens with one attached hydrogen (secondary N) is 4. The molecule has 6 heterocycles. The number of esters is 1. The Bertz CT molecular complexity index is 4560. The van der Waals surface area contributed by atoms with E-state index < -0.39 is 29.8 Å². The maximum Gasteiger partial charge on any atom is 0.413 e. The molecule has 8 aromatic rings. The third kappa shape index (κ3) is 34.4. The van der Waals surface area contributed by atoms with E-state index >= 15 is 0 Å². The number of imidazole rings is 2. The topological polar surface area (TPSA) is 415 Å². The number of rotatable bonds is 27. The number of carbonyl (C=O) groups excluding carboxylic acids is 5. The Balaban J connectivity index is 0.000000355. The Morgan fingerprint density at radius 3 is 1.44 bits per heavy atom. The lowest BCUT2D eigenvalue weighted by Gasteiger charge is -2.24. The molecule has 0 unspecified atom stereocenters. The molecule has 2 aromatic carbocycles. The van der Waals surface area contributed by atoms with Gasteiger partial charge in [0.2, 0.25) is 11.8 Å². The van der Waals surface area contributed by atoms with E-state index in [9.17, 15) is 47.9 Å². The number of aryl methyl sites for hydroxylation is 3. The molecule has 113 heavy (non-hydrogen) atoms. The van der Waals surface area contributed by atoms with Crippen molar-refractivity contribution in [3.63, 3.8) is 0 Å². The van der Waals surface area contributed by atoms with E-state index in [4.69, 9.17) is 54.0 Å². The lowest BCUT2D eigenvalue weighted by Crippen LogP contribution is -2.40. The van der Waals surface area contributed by atoms with Crippen molar-refractivity contribution in [3.8, 4) is 0 Å². The minimum atomic E-state index is -1.05. The second kappa shape index (κ2) is 47.0. The fourth-order valence-electron chi connectivity index (χ4n) is 9.86. The summed E-state index contributed by atoms with van der Waals surface area (Å²) < 4.78 is 42.5. The number of carboxylic acid groups (broad SMARTS) is 1. The summed E-state index contributed by atoms with van der Waals surface area (Å²) in [5, 5.41) is 13.9. The Labute approximate surface area is 661 Å². The van der Waals surface area contributed by atoms with Crippen LogP contribution in [0.25, 0.3) is 22.3 Å². The summed E-state index contributed by atoms with van der Waals surface area (Å²) in [6.07, 6.45) is 6.48. The molecule has 0 aliphatic heterocycles. The van der Waals surface area contributed by atoms with Crippen LogP contribution in [0.1, 0.15) is 132 Å². The van der Waals surface area contributed by atoms with Crippen LogP contribution in [0.2, 0.25) is 12.6 Å². The molecule has 0 saturated heterocycles. The first kappa shape index (κ1) is 96.5. The molecular formula is C77H112B2N16O18. The number of aromatic nitrogens is 12. The highest BCUT2D eigenvalue weighted by molar-refractivity contribution is 6.20. The fraction of sp³-hybridized carbons (Fsp3) is 0.532. The highest BCUT2D eigenvalue weighted by Crippen LogP contribution is 2.25. The number of aromatic amines is 2. The zero-order valence-corrected chi connectivity index (χ0v) is 68.8. The Morgan fingerprint density at radius 1 is 0.540 bits per heavy atom. The molecule has 2 atom stereocenters. The molecule has 0 fully saturated rings. The van der Waals surface area contributed by atoms with E-state index in [0.29, 0.717) is 104 Å². The first-order valence-electron chi connectivity index (χ1n) is 36.5. The van der Waals surface area contributed by atoms with Gasteiger partial charge in [0.1, 0.15) is 44.3 Å². The number of hydrogen-bond acceptors (Lipinski definition) is 23. The maximum atomic E-state index is 12.1. The molecule has 36 heteroatoms. The Hall–Kier alpha value is -10.7. The van der Waals surface area contributed by atoms with Crippen LogP contribution in [-0.2, 0) is 87.7 Å². The summed E-state index contributed by atoms with van der Waals surface area (Å²) in [6.45, 7) is 38.4. The van der Waals surface area contributed by atoms with Gasteiger partial charge in [-0.1, -0.05) is 74.5 Å². The summed E-state index contributed by atoms with van der Waals surface area (Å²) >= 11 is 0. The summed E-state index contributed by atoms with van der Waals surface area (Å²) in [4.78, 5) is 148. The van der Waals surface area contributed by atoms with E-state index in [0.717, 1.165) is 11.1 Å². The molecule has 8 rings (SSSR count). The van der Waals surface area contributed by atoms with Gasteiger partial charge >= 0.3 is 35.5 Å². The molecule has 0 bridgehead atoms. The number of nitrogens with zero attached hydrogens (tertiary/aromatic N) is 12. The monoisotopic (exact) mass is 1570 g/mol. The van der Waals surface area contributed by atoms with Crippen molar-refractivity contribution in [2.24, 2.45) is 11.8 Å². The van der Waals surface area contributed by atoms with Gasteiger partial charge in [0.05, 0.1) is 74.6 Å². The number of H-pyrrole nitrogens is 2. The van der Waals surface area contributed by atoms with Crippen LogP contribution in [0.5, 0.6) is 0 Å². The first-order valence-corrected chi connectivity index (χ1v) is 36.5. The number of benzene rings is 2. The molecule has 6 aromatic heterocycles. The van der Waals surface area contributed by atoms with Crippen molar-refractivity contribution in [2.45, 2.75) is 173 Å². The standard InChI is InChI=1S/C17H19N5O2.C17H21N3O3.C13H24BNO5.C11H20BNO5.C10H14N4O.C9H14N2O2/c1-17(2,3)22-11-20-13-14(18-10-19-15(13)22)21-16(23)24-9-12-7-5-4-6-8-12;1-12-10-20(17(2,3)4)15(21)18-14(12)19-16(22)23-11-13-8-6-5-7-9-13;1-4-20-13(17)9-15(12(16)7-14)8-11(2)10-19-6-5-18-3;1-9(8-18-4-3-17-2)6-13(7-11(15)16)10(14)5-12;1-6-12-8-7(9(15)13-6)11-5-14(8)10(2,3)4;1-6-5-11(9(2,3)4)8(13)10-7(6)12/h4-8,10-11H,9H2,1-3H3,(H,18,19,21,23);5-10H,11H2,1-4H3,(H,18,19,21,22);11H,4-10H2,1-3H3;9H,3-8H2,1-2H3,(H,15,16);5H,1-4H3,(H,12,13,15);5H,1-4H3,(H,10,12,13)/t;;11-;9-;;/m..11../s1. The van der Waals surface area contributed by atoms with Crippen molar-refractivity contribution in [1.29, 1.82) is 0 Å². The van der Waals surface area contributed by atoms with Gasteiger partial charge in [0.25, 0.3) is 11.1 Å². The smallest absolute Gasteiger partial charge is 0.413 e. The highest BCUT2D eigenvalue weighted by Gasteiger charge is 2.25. The molecule has 0 aliphatic carbocycles. The molecule has 0 aliphatic rings. The van der Waals surface area contributed by atoms with Gasteiger partial charge in [-0.25, -0.2) is 44.1 Å². The highest BCUT2D eigenvalue weighted by atomic mass is 16.6. The number of methoxy groups -OCH3 is 2. The summed E-state index contributed by atoms with van der Waals surface area (Å²) in [6, 6.07) is 18.8. The molecule has 0 spiro atoms. The molecule has 34 nitrogen and oxygen atoms in total. The van der Waals surface area contributed by atoms with E-state index in [1.165, 1.54) is 25.3 Å². The molecule has 0 saturated carbocycles. The van der Waals surface area contributed by atoms with Gasteiger partial charge < -0.3 is 62.2 Å². The summed E-state index contributed by atoms with van der Waals surface area (Å²) in [7, 11) is 13.8. The number of aliphatic carboxylic acids is 1. The van der Waals surface area contributed by atoms with Gasteiger partial charge in [0, 0.05) is 73.0 Å². The minimum Gasteiger partial charge on any atom is -0.480 e. The van der Waals surface area contributed by atoms with E-state index in [-0.39, 0.29) is 107 Å². The number of anilines is 2. The second-order valence-electron chi connectivity index (χ2n) is 29.9. The maximum absolute atomic E-state index is 12.1. The quantitative estimate of drug-likeness (QED) is 0.0140. The van der Waals surface area contributed by atoms with Gasteiger partial charge in [-0.2, -0.15) is 4.98 Å². The van der Waals surface area contributed by atoms with Crippen molar-refractivity contribution < 1.29 is 67.0 Å². The van der Waals surface area contributed by atoms with Crippen molar-refractivity contribution in [1.82, 2.24) is 67.9 Å². The first-order chi connectivity index (χ1) is 53.0. The fourth-order valence-corrected chi connectivity index (χ4v) is 9.86. The van der Waals surface area contributed by atoms with Crippen LogP contribution in [0.3, 0.4) is 0 Å². The van der Waals surface area contributed by atoms with Crippen LogP contribution in [0.15, 0.2) is 111 Å². The SMILES string of the molecule is CC(C)(C)n1cnc2c(NC(=O)OCc3ccccc3)ncnc21.Cc1cn(C(C)(C)C)c(=O)[nH]c1=O.Cc1cn(C(C)(C)C)c(=O)nc1NC(=O)OCc1ccccc1.Cc1nc2c(ncn2C(C)(C)C)c(=O)[nH]1.[B]CC(=O)N(CC(=O)O)C[C@@H](C)COCCOC.[B]CC(=O)N(CC(=O)OCC)C[C@@H](C)COCCOC. The van der Waals surface area contributed by atoms with Crippen molar-refractivity contribution in [3.05, 3.63) is 162 Å². The predicted molar refractivity (Wildman–Crippen MR) is 430 cm³/mol. The minimum absolute atomic E-state index is 0.0386. The summed E-state index contributed by atoms with van der Waals surface area (Å²) in [5.74, 6) is -0.837. The van der Waals surface area contributed by atoms with Crippen LogP contribution in [0, 0.1) is 32.6 Å². The van der Waals surface area contributed by atoms with Crippen LogP contribution < -0.4 is 33.1 Å². The molecule has 4 radical (unpaired) electrons. The number of amides is 4. The van der Waals surface area contributed by atoms with Gasteiger partial charge in [-0.15, -0.1) is 0 Å². The largest absolute Gasteiger partial charge is 0.480 e.